The smallest absolute Gasteiger partial charge is 0.210 e. The lowest BCUT2D eigenvalue weighted by molar-refractivity contribution is 0.340. The van der Waals surface area contributed by atoms with Gasteiger partial charge in [0.15, 0.2) is 5.01 Å². The van der Waals surface area contributed by atoms with E-state index in [1.54, 1.807) is 0 Å². The van der Waals surface area contributed by atoms with Crippen molar-refractivity contribution in [2.45, 2.75) is 13.8 Å². The minimum atomic E-state index is 0.656. The lowest BCUT2D eigenvalue weighted by Gasteiger charge is -2.04. The lowest BCUT2D eigenvalue weighted by atomic mass is 10.3. The van der Waals surface area contributed by atoms with Crippen LogP contribution in [0.4, 0.5) is 10.8 Å². The van der Waals surface area contributed by atoms with Gasteiger partial charge in [-0.15, -0.1) is 10.2 Å². The van der Waals surface area contributed by atoms with Gasteiger partial charge in [-0.1, -0.05) is 16.5 Å². The van der Waals surface area contributed by atoms with Crippen molar-refractivity contribution >= 4 is 22.2 Å². The maximum absolute atomic E-state index is 5.40. The zero-order valence-electron chi connectivity index (χ0n) is 11.7. The first-order valence-electron chi connectivity index (χ1n) is 6.51. The Hall–Kier alpha value is -2.41. The first kappa shape index (κ1) is 13.6. The molecule has 3 aromatic rings. The number of hydrogen-bond donors (Lipinski definition) is 1. The van der Waals surface area contributed by atoms with E-state index in [4.69, 9.17) is 9.26 Å². The van der Waals surface area contributed by atoms with Crippen LogP contribution in [0.5, 0.6) is 5.75 Å². The van der Waals surface area contributed by atoms with Crippen molar-refractivity contribution in [1.82, 2.24) is 15.4 Å². The molecule has 2 heterocycles. The highest BCUT2D eigenvalue weighted by atomic mass is 32.1. The maximum atomic E-state index is 5.40. The van der Waals surface area contributed by atoms with Crippen LogP contribution in [0.2, 0.25) is 0 Å². The number of aryl methyl sites for hydroxylation is 1. The van der Waals surface area contributed by atoms with Crippen LogP contribution in [0.1, 0.15) is 12.7 Å². The Balaban J connectivity index is 1.72. The molecule has 0 amide bonds. The van der Waals surface area contributed by atoms with Crippen molar-refractivity contribution in [1.29, 1.82) is 0 Å². The van der Waals surface area contributed by atoms with E-state index in [9.17, 15) is 0 Å². The molecule has 0 saturated carbocycles. The average Bonchev–Trinajstić information content (AvgIpc) is 3.10. The average molecular weight is 302 g/mol. The van der Waals surface area contributed by atoms with Crippen molar-refractivity contribution in [3.05, 3.63) is 36.1 Å². The summed E-state index contributed by atoms with van der Waals surface area (Å²) in [5, 5.41) is 16.8. The topological polar surface area (TPSA) is 73.1 Å². The Kier molecular flexibility index (Phi) is 3.83. The first-order chi connectivity index (χ1) is 10.2. The van der Waals surface area contributed by atoms with Crippen LogP contribution in [0, 0.1) is 6.92 Å². The van der Waals surface area contributed by atoms with E-state index in [0.717, 1.165) is 22.2 Å². The van der Waals surface area contributed by atoms with E-state index in [1.165, 1.54) is 11.3 Å². The van der Waals surface area contributed by atoms with E-state index in [1.807, 2.05) is 44.2 Å². The lowest BCUT2D eigenvalue weighted by Crippen LogP contribution is -1.92. The van der Waals surface area contributed by atoms with Gasteiger partial charge in [-0.25, -0.2) is 0 Å². The molecule has 0 aliphatic heterocycles. The fourth-order valence-corrected chi connectivity index (χ4v) is 2.49. The third-order valence-corrected chi connectivity index (χ3v) is 3.55. The van der Waals surface area contributed by atoms with Crippen molar-refractivity contribution in [3.8, 4) is 16.5 Å². The Morgan fingerprint density at radius 3 is 2.71 bits per heavy atom. The van der Waals surface area contributed by atoms with Gasteiger partial charge in [-0.05, 0) is 38.1 Å². The van der Waals surface area contributed by atoms with Crippen LogP contribution in [0.3, 0.4) is 0 Å². The molecule has 0 unspecified atom stereocenters. The molecule has 3 rings (SSSR count). The van der Waals surface area contributed by atoms with Crippen LogP contribution >= 0.6 is 11.3 Å². The molecule has 6 nitrogen and oxygen atoms in total. The standard InChI is InChI=1S/C14H14N4O2S/c1-3-19-11-6-4-10(5-7-11)15-14-17-16-13(21-14)12-8-9(2)20-18-12/h4-8H,3H2,1-2H3,(H,15,17). The summed E-state index contributed by atoms with van der Waals surface area (Å²) in [7, 11) is 0. The zero-order chi connectivity index (χ0) is 14.7. The Morgan fingerprint density at radius 1 is 1.24 bits per heavy atom. The molecule has 0 bridgehead atoms. The predicted octanol–water partition coefficient (Wildman–Crippen LogP) is 3.64. The van der Waals surface area contributed by atoms with Crippen LogP contribution in [-0.4, -0.2) is 22.0 Å². The summed E-state index contributed by atoms with van der Waals surface area (Å²) in [5.74, 6) is 1.60. The van der Waals surface area contributed by atoms with Gasteiger partial charge in [-0.3, -0.25) is 0 Å². The fourth-order valence-electron chi connectivity index (χ4n) is 1.77. The molecular formula is C14H14N4O2S. The molecule has 0 saturated heterocycles. The molecule has 0 aliphatic rings. The highest BCUT2D eigenvalue weighted by Gasteiger charge is 2.10. The number of hydrogen-bond acceptors (Lipinski definition) is 7. The second kappa shape index (κ2) is 5.92. The minimum Gasteiger partial charge on any atom is -0.494 e. The largest absolute Gasteiger partial charge is 0.494 e. The van der Waals surface area contributed by atoms with Gasteiger partial charge in [0.1, 0.15) is 17.2 Å². The van der Waals surface area contributed by atoms with Crippen molar-refractivity contribution in [3.63, 3.8) is 0 Å². The summed E-state index contributed by atoms with van der Waals surface area (Å²) in [6.07, 6.45) is 0. The molecule has 21 heavy (non-hydrogen) atoms. The second-order valence-corrected chi connectivity index (χ2v) is 5.30. The maximum Gasteiger partial charge on any atom is 0.210 e. The summed E-state index contributed by atoms with van der Waals surface area (Å²) in [5.41, 5.74) is 1.63. The van der Waals surface area contributed by atoms with E-state index in [-0.39, 0.29) is 0 Å². The molecule has 0 spiro atoms. The third-order valence-electron chi connectivity index (χ3n) is 2.69. The van der Waals surface area contributed by atoms with E-state index < -0.39 is 0 Å². The zero-order valence-corrected chi connectivity index (χ0v) is 12.5. The van der Waals surface area contributed by atoms with Gasteiger partial charge in [0.05, 0.1) is 6.61 Å². The van der Waals surface area contributed by atoms with Crippen LogP contribution in [-0.2, 0) is 0 Å². The normalized spacial score (nSPS) is 10.6. The summed E-state index contributed by atoms with van der Waals surface area (Å²) >= 11 is 1.42. The SMILES string of the molecule is CCOc1ccc(Nc2nnc(-c3cc(C)on3)s2)cc1. The van der Waals surface area contributed by atoms with Crippen LogP contribution < -0.4 is 10.1 Å². The van der Waals surface area contributed by atoms with Crippen molar-refractivity contribution in [2.24, 2.45) is 0 Å². The highest BCUT2D eigenvalue weighted by molar-refractivity contribution is 7.18. The van der Waals surface area contributed by atoms with Gasteiger partial charge in [0.25, 0.3) is 0 Å². The van der Waals surface area contributed by atoms with E-state index >= 15 is 0 Å². The number of nitrogens with one attached hydrogen (secondary N) is 1. The van der Waals surface area contributed by atoms with E-state index in [2.05, 4.69) is 20.7 Å². The number of ether oxygens (including phenoxy) is 1. The monoisotopic (exact) mass is 302 g/mol. The number of rotatable bonds is 5. The second-order valence-electron chi connectivity index (χ2n) is 4.32. The van der Waals surface area contributed by atoms with Gasteiger partial charge in [0.2, 0.25) is 5.13 Å². The van der Waals surface area contributed by atoms with Gasteiger partial charge in [0, 0.05) is 11.8 Å². The molecule has 2 aromatic heterocycles. The molecule has 1 N–H and O–H groups in total. The summed E-state index contributed by atoms with van der Waals surface area (Å²) in [6, 6.07) is 9.53. The molecule has 0 radical (unpaired) electrons. The molecule has 108 valence electrons. The third kappa shape index (κ3) is 3.19. The number of anilines is 2. The Labute approximate surface area is 125 Å². The van der Waals surface area contributed by atoms with Crippen molar-refractivity contribution in [2.75, 3.05) is 11.9 Å². The number of benzene rings is 1. The van der Waals surface area contributed by atoms with Crippen LogP contribution in [0.25, 0.3) is 10.7 Å². The van der Waals surface area contributed by atoms with Gasteiger partial charge < -0.3 is 14.6 Å². The molecular weight excluding hydrogens is 288 g/mol. The fraction of sp³-hybridized carbons (Fsp3) is 0.214. The molecule has 0 aliphatic carbocycles. The van der Waals surface area contributed by atoms with E-state index in [0.29, 0.717) is 17.4 Å². The molecule has 0 fully saturated rings. The first-order valence-corrected chi connectivity index (χ1v) is 7.33. The Morgan fingerprint density at radius 2 is 2.05 bits per heavy atom. The predicted molar refractivity (Wildman–Crippen MR) is 81.0 cm³/mol. The summed E-state index contributed by atoms with van der Waals surface area (Å²) < 4.78 is 10.4. The molecule has 0 atom stereocenters. The van der Waals surface area contributed by atoms with Crippen molar-refractivity contribution < 1.29 is 9.26 Å². The van der Waals surface area contributed by atoms with Gasteiger partial charge >= 0.3 is 0 Å². The summed E-state index contributed by atoms with van der Waals surface area (Å²) in [6.45, 7) is 4.46. The molecule has 1 aromatic carbocycles. The highest BCUT2D eigenvalue weighted by Crippen LogP contribution is 2.28. The summed E-state index contributed by atoms with van der Waals surface area (Å²) in [4.78, 5) is 0. The Bertz CT molecular complexity index is 721. The minimum absolute atomic E-state index is 0.656. The number of aromatic nitrogens is 3. The molecule has 7 heteroatoms. The quantitative estimate of drug-likeness (QED) is 0.775. The number of nitrogens with zero attached hydrogens (tertiary/aromatic N) is 3. The van der Waals surface area contributed by atoms with Crippen LogP contribution in [0.15, 0.2) is 34.9 Å². The van der Waals surface area contributed by atoms with Gasteiger partial charge in [-0.2, -0.15) is 0 Å².